The number of carbonyl (C=O) groups excluding carboxylic acids is 3. The van der Waals surface area contributed by atoms with Crippen molar-refractivity contribution in [2.45, 2.75) is 12.8 Å². The molecule has 2 aliphatic heterocycles. The van der Waals surface area contributed by atoms with Crippen molar-refractivity contribution < 1.29 is 34.2 Å². The number of aliphatic carboxylic acids is 2. The molecule has 0 saturated carbocycles. The van der Waals surface area contributed by atoms with Gasteiger partial charge in [-0.3, -0.25) is 38.7 Å². The van der Waals surface area contributed by atoms with Gasteiger partial charge >= 0.3 is 11.9 Å². The van der Waals surface area contributed by atoms with E-state index in [4.69, 9.17) is 10.2 Å². The van der Waals surface area contributed by atoms with Crippen LogP contribution in [0.4, 0.5) is 0 Å². The van der Waals surface area contributed by atoms with Gasteiger partial charge in [-0.1, -0.05) is 0 Å². The van der Waals surface area contributed by atoms with Gasteiger partial charge in [0.15, 0.2) is 0 Å². The molecular weight excluding hydrogens is 392 g/mol. The second-order valence-corrected chi connectivity index (χ2v) is 7.66. The standard InChI is InChI=1S/C16H24N4O7S/c21-12-1-2-13(22)20(12)28-16(27)11-19-7-5-17(9-14(23)24)3-4-18(6-8-19)10-15(25)26/h1-11H2,(H,23,24)(H,25,26). The van der Waals surface area contributed by atoms with Gasteiger partial charge < -0.3 is 10.2 Å². The largest absolute Gasteiger partial charge is 0.480 e. The van der Waals surface area contributed by atoms with Crippen molar-refractivity contribution in [2.75, 3.05) is 58.9 Å². The molecule has 0 aromatic rings. The number of carboxylic acids is 2. The number of amides is 2. The second-order valence-electron chi connectivity index (χ2n) is 6.66. The Bertz CT molecular complexity index is 600. The highest BCUT2D eigenvalue weighted by Gasteiger charge is 2.32. The van der Waals surface area contributed by atoms with Crippen LogP contribution in [-0.2, 0) is 24.0 Å². The maximum absolute atomic E-state index is 12.3. The Morgan fingerprint density at radius 2 is 1.07 bits per heavy atom. The molecule has 2 saturated heterocycles. The van der Waals surface area contributed by atoms with Crippen molar-refractivity contribution in [2.24, 2.45) is 0 Å². The lowest BCUT2D eigenvalue weighted by Crippen LogP contribution is -2.40. The van der Waals surface area contributed by atoms with Crippen LogP contribution < -0.4 is 0 Å². The van der Waals surface area contributed by atoms with Gasteiger partial charge in [0.1, 0.15) is 0 Å². The van der Waals surface area contributed by atoms with Crippen molar-refractivity contribution in [1.29, 1.82) is 0 Å². The topological polar surface area (TPSA) is 139 Å². The van der Waals surface area contributed by atoms with Crippen LogP contribution in [0.2, 0.25) is 0 Å². The van der Waals surface area contributed by atoms with E-state index in [1.165, 1.54) is 0 Å². The molecule has 0 unspecified atom stereocenters. The molecule has 0 atom stereocenters. The van der Waals surface area contributed by atoms with E-state index in [1.807, 2.05) is 0 Å². The average Bonchev–Trinajstić information content (AvgIpc) is 2.95. The van der Waals surface area contributed by atoms with E-state index < -0.39 is 11.9 Å². The number of nitrogens with zero attached hydrogens (tertiary/aromatic N) is 4. The van der Waals surface area contributed by atoms with Crippen molar-refractivity contribution in [3.8, 4) is 0 Å². The Morgan fingerprint density at radius 3 is 1.43 bits per heavy atom. The van der Waals surface area contributed by atoms with E-state index in [-0.39, 0.29) is 49.4 Å². The van der Waals surface area contributed by atoms with Crippen LogP contribution in [0.15, 0.2) is 0 Å². The molecule has 2 fully saturated rings. The lowest BCUT2D eigenvalue weighted by molar-refractivity contribution is -0.140. The summed E-state index contributed by atoms with van der Waals surface area (Å²) >= 11 is 0.595. The van der Waals surface area contributed by atoms with Crippen LogP contribution in [0, 0.1) is 0 Å². The fourth-order valence-electron chi connectivity index (χ4n) is 3.01. The molecule has 11 nitrogen and oxygen atoms in total. The average molecular weight is 416 g/mol. The van der Waals surface area contributed by atoms with Crippen LogP contribution in [0.3, 0.4) is 0 Å². The van der Waals surface area contributed by atoms with Gasteiger partial charge in [0.2, 0.25) is 16.9 Å². The predicted octanol–water partition coefficient (Wildman–Crippen LogP) is -1.60. The van der Waals surface area contributed by atoms with E-state index in [0.29, 0.717) is 51.2 Å². The van der Waals surface area contributed by atoms with Gasteiger partial charge in [0.25, 0.3) is 0 Å². The lowest BCUT2D eigenvalue weighted by atomic mass is 10.4. The summed E-state index contributed by atoms with van der Waals surface area (Å²) in [5.41, 5.74) is 0. The fourth-order valence-corrected chi connectivity index (χ4v) is 3.84. The van der Waals surface area contributed by atoms with Crippen molar-refractivity contribution in [3.63, 3.8) is 0 Å². The number of imide groups is 1. The molecule has 0 radical (unpaired) electrons. The molecule has 2 rings (SSSR count). The first-order chi connectivity index (χ1) is 13.2. The van der Waals surface area contributed by atoms with Gasteiger partial charge in [-0.2, -0.15) is 0 Å². The Hall–Kier alpha value is -2.02. The van der Waals surface area contributed by atoms with E-state index in [2.05, 4.69) is 0 Å². The minimum atomic E-state index is -0.978. The van der Waals surface area contributed by atoms with E-state index >= 15 is 0 Å². The summed E-state index contributed by atoms with van der Waals surface area (Å²) in [5, 5.41) is 17.7. The minimum absolute atomic E-state index is 0.0243. The number of carboxylic acid groups (broad SMARTS) is 2. The summed E-state index contributed by atoms with van der Waals surface area (Å²) in [6.07, 6.45) is 0.217. The number of carbonyl (C=O) groups is 5. The predicted molar refractivity (Wildman–Crippen MR) is 98.3 cm³/mol. The van der Waals surface area contributed by atoms with Crippen LogP contribution in [0.1, 0.15) is 12.8 Å². The molecule has 28 heavy (non-hydrogen) atoms. The summed E-state index contributed by atoms with van der Waals surface area (Å²) in [6, 6.07) is 0. The van der Waals surface area contributed by atoms with Crippen molar-refractivity contribution >= 4 is 40.8 Å². The van der Waals surface area contributed by atoms with Gasteiger partial charge in [0, 0.05) is 64.1 Å². The third-order valence-corrected chi connectivity index (χ3v) is 5.39. The molecule has 0 aromatic heterocycles. The normalized spacial score (nSPS) is 20.6. The highest BCUT2D eigenvalue weighted by atomic mass is 32.2. The van der Waals surface area contributed by atoms with E-state index in [9.17, 15) is 24.0 Å². The van der Waals surface area contributed by atoms with Crippen LogP contribution in [0.25, 0.3) is 0 Å². The van der Waals surface area contributed by atoms with Gasteiger partial charge in [-0.15, -0.1) is 0 Å². The van der Waals surface area contributed by atoms with Crippen LogP contribution >= 0.6 is 11.9 Å². The van der Waals surface area contributed by atoms with Crippen molar-refractivity contribution in [1.82, 2.24) is 19.0 Å². The Labute approximate surface area is 166 Å². The first kappa shape index (κ1) is 22.3. The quantitative estimate of drug-likeness (QED) is 0.366. The summed E-state index contributed by atoms with van der Waals surface area (Å²) in [5.74, 6) is -2.72. The first-order valence-corrected chi connectivity index (χ1v) is 9.69. The van der Waals surface area contributed by atoms with Gasteiger partial charge in [-0.25, -0.2) is 4.31 Å². The fraction of sp³-hybridized carbons (Fsp3) is 0.688. The maximum atomic E-state index is 12.3. The number of rotatable bonds is 7. The molecule has 2 amide bonds. The van der Waals surface area contributed by atoms with E-state index in [1.54, 1.807) is 14.7 Å². The van der Waals surface area contributed by atoms with Crippen LogP contribution in [0.5, 0.6) is 0 Å². The zero-order chi connectivity index (χ0) is 20.7. The smallest absolute Gasteiger partial charge is 0.317 e. The molecule has 12 heteroatoms. The second kappa shape index (κ2) is 10.5. The molecule has 0 aromatic carbocycles. The summed E-state index contributed by atoms with van der Waals surface area (Å²) in [4.78, 5) is 62.9. The monoisotopic (exact) mass is 416 g/mol. The van der Waals surface area contributed by atoms with Crippen molar-refractivity contribution in [3.05, 3.63) is 0 Å². The highest BCUT2D eigenvalue weighted by molar-refractivity contribution is 8.12. The van der Waals surface area contributed by atoms with Crippen LogP contribution in [-0.4, -0.2) is 117 Å². The molecule has 0 bridgehead atoms. The molecule has 2 N–H and O–H groups in total. The maximum Gasteiger partial charge on any atom is 0.317 e. The molecule has 0 spiro atoms. The Kier molecular flexibility index (Phi) is 8.35. The molecule has 156 valence electrons. The van der Waals surface area contributed by atoms with E-state index in [0.717, 1.165) is 4.31 Å². The first-order valence-electron chi connectivity index (χ1n) is 8.92. The molecule has 0 aliphatic carbocycles. The number of hydrogen-bond acceptors (Lipinski definition) is 9. The summed E-state index contributed by atoms with van der Waals surface area (Å²) < 4.78 is 0.895. The lowest BCUT2D eigenvalue weighted by Gasteiger charge is -2.24. The van der Waals surface area contributed by atoms with Gasteiger partial charge in [0.05, 0.1) is 19.6 Å². The Balaban J connectivity index is 1.97. The summed E-state index contributed by atoms with van der Waals surface area (Å²) in [6.45, 7) is 2.11. The zero-order valence-corrected chi connectivity index (χ0v) is 16.2. The Morgan fingerprint density at radius 1 is 0.714 bits per heavy atom. The highest BCUT2D eigenvalue weighted by Crippen LogP contribution is 2.22. The zero-order valence-electron chi connectivity index (χ0n) is 15.4. The third kappa shape index (κ3) is 7.19. The third-order valence-electron chi connectivity index (χ3n) is 4.47. The summed E-state index contributed by atoms with van der Waals surface area (Å²) in [7, 11) is 0. The number of hydrogen-bond donors (Lipinski definition) is 2. The SMILES string of the molecule is O=C(O)CN1CCN(CC(=O)O)CCN(CC(=O)SN2C(=O)CCC2=O)CC1. The van der Waals surface area contributed by atoms with Gasteiger partial charge in [-0.05, 0) is 0 Å². The molecular formula is C16H24N4O7S. The molecule has 2 heterocycles. The minimum Gasteiger partial charge on any atom is -0.480 e. The molecule has 2 aliphatic rings.